The van der Waals surface area contributed by atoms with Gasteiger partial charge in [0, 0.05) is 5.69 Å². The summed E-state index contributed by atoms with van der Waals surface area (Å²) < 4.78 is 0. The molecule has 170 valence electrons. The summed E-state index contributed by atoms with van der Waals surface area (Å²) >= 11 is 0. The SMILES string of the molecule is CCCC=CC1(C#N)CCc2c1nc(CCCCC)c(CCCCC)c2-c1ccccc1. The Kier molecular flexibility index (Phi) is 9.10. The number of nitrogens with zero attached hydrogens (tertiary/aromatic N) is 2. The molecule has 1 aromatic carbocycles. The number of aryl methyl sites for hydroxylation is 1. The second-order valence-corrected chi connectivity index (χ2v) is 9.29. The van der Waals surface area contributed by atoms with E-state index in [9.17, 15) is 5.26 Å². The number of rotatable bonds is 12. The first-order valence-electron chi connectivity index (χ1n) is 12.9. The zero-order valence-electron chi connectivity index (χ0n) is 20.4. The van der Waals surface area contributed by atoms with Crippen molar-refractivity contribution in [3.63, 3.8) is 0 Å². The number of unbranched alkanes of at least 4 members (excludes halogenated alkanes) is 5. The van der Waals surface area contributed by atoms with Crippen LogP contribution in [-0.2, 0) is 24.7 Å². The highest BCUT2D eigenvalue weighted by Gasteiger charge is 2.41. The summed E-state index contributed by atoms with van der Waals surface area (Å²) in [4.78, 5) is 5.32. The molecule has 1 heterocycles. The Bertz CT molecular complexity index is 936. The van der Waals surface area contributed by atoms with Crippen molar-refractivity contribution in [2.75, 3.05) is 0 Å². The molecule has 0 aliphatic heterocycles. The maximum atomic E-state index is 10.3. The molecule has 1 aliphatic carbocycles. The topological polar surface area (TPSA) is 36.7 Å². The summed E-state index contributed by atoms with van der Waals surface area (Å²) in [5.74, 6) is 0. The Morgan fingerprint density at radius 1 is 0.969 bits per heavy atom. The maximum Gasteiger partial charge on any atom is 0.118 e. The first kappa shape index (κ1) is 24.2. The molecule has 0 saturated carbocycles. The molecule has 0 saturated heterocycles. The van der Waals surface area contributed by atoms with Gasteiger partial charge >= 0.3 is 0 Å². The van der Waals surface area contributed by atoms with Gasteiger partial charge in [-0.2, -0.15) is 5.26 Å². The quantitative estimate of drug-likeness (QED) is 0.252. The van der Waals surface area contributed by atoms with Crippen LogP contribution in [-0.4, -0.2) is 4.98 Å². The van der Waals surface area contributed by atoms with Gasteiger partial charge in [0.15, 0.2) is 0 Å². The standard InChI is InChI=1S/C30H40N2/c1-4-7-11-18-25-27(19-12-8-5-2)32-29-26(28(25)24-16-13-10-14-17-24)20-22-30(29,23-31)21-15-9-6-3/h10,13-17,21H,4-9,11-12,18-20,22H2,1-3H3. The van der Waals surface area contributed by atoms with Gasteiger partial charge in [-0.05, 0) is 67.2 Å². The molecule has 0 bridgehead atoms. The van der Waals surface area contributed by atoms with E-state index in [1.54, 1.807) is 0 Å². The van der Waals surface area contributed by atoms with Crippen LogP contribution in [0.1, 0.15) is 101 Å². The Morgan fingerprint density at radius 2 is 1.69 bits per heavy atom. The largest absolute Gasteiger partial charge is 0.255 e. The monoisotopic (exact) mass is 428 g/mol. The van der Waals surface area contributed by atoms with Crippen molar-refractivity contribution in [3.8, 4) is 17.2 Å². The van der Waals surface area contributed by atoms with Crippen LogP contribution in [0.3, 0.4) is 0 Å². The molecule has 0 fully saturated rings. The van der Waals surface area contributed by atoms with E-state index >= 15 is 0 Å². The third-order valence-corrected chi connectivity index (χ3v) is 6.84. The van der Waals surface area contributed by atoms with E-state index in [4.69, 9.17) is 4.98 Å². The van der Waals surface area contributed by atoms with Crippen molar-refractivity contribution < 1.29 is 0 Å². The number of aromatic nitrogens is 1. The first-order chi connectivity index (χ1) is 15.7. The minimum Gasteiger partial charge on any atom is -0.255 e. The molecular weight excluding hydrogens is 388 g/mol. The van der Waals surface area contributed by atoms with Crippen LogP contribution in [0.4, 0.5) is 0 Å². The minimum atomic E-state index is -0.574. The van der Waals surface area contributed by atoms with E-state index in [2.05, 4.69) is 69.3 Å². The second-order valence-electron chi connectivity index (χ2n) is 9.29. The molecule has 3 rings (SSSR count). The van der Waals surface area contributed by atoms with Crippen molar-refractivity contribution in [2.24, 2.45) is 0 Å². The van der Waals surface area contributed by atoms with Gasteiger partial charge in [-0.15, -0.1) is 0 Å². The van der Waals surface area contributed by atoms with Crippen LogP contribution in [0.25, 0.3) is 11.1 Å². The Morgan fingerprint density at radius 3 is 2.34 bits per heavy atom. The highest BCUT2D eigenvalue weighted by atomic mass is 14.8. The maximum absolute atomic E-state index is 10.3. The third kappa shape index (κ3) is 5.32. The summed E-state index contributed by atoms with van der Waals surface area (Å²) in [6.45, 7) is 6.71. The van der Waals surface area contributed by atoms with Gasteiger partial charge in [0.2, 0.25) is 0 Å². The fourth-order valence-corrected chi connectivity index (χ4v) is 5.05. The minimum absolute atomic E-state index is 0.574. The van der Waals surface area contributed by atoms with E-state index in [0.29, 0.717) is 0 Å². The Hall–Kier alpha value is -2.40. The average molecular weight is 429 g/mol. The lowest BCUT2D eigenvalue weighted by Gasteiger charge is -2.23. The smallest absolute Gasteiger partial charge is 0.118 e. The summed E-state index contributed by atoms with van der Waals surface area (Å²) in [5.41, 5.74) is 7.17. The number of fused-ring (bicyclic) bond motifs is 1. The van der Waals surface area contributed by atoms with Gasteiger partial charge in [0.1, 0.15) is 5.41 Å². The number of allylic oxidation sites excluding steroid dienone is 2. The Balaban J connectivity index is 2.20. The van der Waals surface area contributed by atoms with Gasteiger partial charge in [-0.3, -0.25) is 4.98 Å². The summed E-state index contributed by atoms with van der Waals surface area (Å²) in [6, 6.07) is 13.6. The molecule has 1 aromatic heterocycles. The van der Waals surface area contributed by atoms with E-state index in [0.717, 1.165) is 44.2 Å². The normalized spacial score (nSPS) is 17.6. The predicted molar refractivity (Wildman–Crippen MR) is 136 cm³/mol. The summed E-state index contributed by atoms with van der Waals surface area (Å²) in [5, 5.41) is 10.3. The molecule has 0 amide bonds. The van der Waals surface area contributed by atoms with Gasteiger partial charge in [-0.25, -0.2) is 0 Å². The van der Waals surface area contributed by atoms with E-state index in [1.165, 1.54) is 66.5 Å². The third-order valence-electron chi connectivity index (χ3n) is 6.84. The van der Waals surface area contributed by atoms with Gasteiger partial charge in [-0.1, -0.05) is 95.4 Å². The van der Waals surface area contributed by atoms with Gasteiger partial charge < -0.3 is 0 Å². The van der Waals surface area contributed by atoms with Gasteiger partial charge in [0.25, 0.3) is 0 Å². The zero-order valence-corrected chi connectivity index (χ0v) is 20.4. The number of hydrogen-bond donors (Lipinski definition) is 0. The highest BCUT2D eigenvalue weighted by molar-refractivity contribution is 5.75. The van der Waals surface area contributed by atoms with Crippen molar-refractivity contribution >= 4 is 0 Å². The van der Waals surface area contributed by atoms with Crippen molar-refractivity contribution in [2.45, 2.75) is 103 Å². The van der Waals surface area contributed by atoms with Crippen LogP contribution in [0.15, 0.2) is 42.5 Å². The first-order valence-corrected chi connectivity index (χ1v) is 12.9. The molecule has 2 nitrogen and oxygen atoms in total. The second kappa shape index (κ2) is 12.0. The number of nitriles is 1. The lowest BCUT2D eigenvalue weighted by atomic mass is 9.83. The van der Waals surface area contributed by atoms with Crippen molar-refractivity contribution in [3.05, 3.63) is 65.0 Å². The Labute approximate surface area is 195 Å². The van der Waals surface area contributed by atoms with E-state index < -0.39 is 5.41 Å². The van der Waals surface area contributed by atoms with Crippen molar-refractivity contribution in [1.29, 1.82) is 5.26 Å². The molecule has 0 spiro atoms. The van der Waals surface area contributed by atoms with Crippen LogP contribution in [0.2, 0.25) is 0 Å². The van der Waals surface area contributed by atoms with E-state index in [1.807, 2.05) is 0 Å². The molecular formula is C30H40N2. The fraction of sp³-hybridized carbons (Fsp3) is 0.533. The molecule has 1 atom stereocenters. The lowest BCUT2D eigenvalue weighted by molar-refractivity contribution is 0.642. The number of pyridine rings is 1. The molecule has 2 heteroatoms. The van der Waals surface area contributed by atoms with Crippen LogP contribution in [0, 0.1) is 11.3 Å². The number of benzene rings is 1. The summed E-state index contributed by atoms with van der Waals surface area (Å²) in [6.07, 6.45) is 17.7. The molecule has 0 N–H and O–H groups in total. The highest BCUT2D eigenvalue weighted by Crippen LogP contribution is 2.45. The van der Waals surface area contributed by atoms with Crippen LogP contribution >= 0.6 is 0 Å². The molecule has 1 aliphatic rings. The molecule has 1 unspecified atom stereocenters. The average Bonchev–Trinajstić information content (AvgIpc) is 3.18. The predicted octanol–water partition coefficient (Wildman–Crippen LogP) is 8.28. The zero-order chi connectivity index (χ0) is 22.8. The van der Waals surface area contributed by atoms with Crippen LogP contribution < -0.4 is 0 Å². The fourth-order valence-electron chi connectivity index (χ4n) is 5.05. The molecule has 2 aromatic rings. The van der Waals surface area contributed by atoms with Crippen LogP contribution in [0.5, 0.6) is 0 Å². The molecule has 32 heavy (non-hydrogen) atoms. The van der Waals surface area contributed by atoms with Crippen molar-refractivity contribution in [1.82, 2.24) is 4.98 Å². The van der Waals surface area contributed by atoms with E-state index in [-0.39, 0.29) is 0 Å². The summed E-state index contributed by atoms with van der Waals surface area (Å²) in [7, 11) is 0. The number of hydrogen-bond acceptors (Lipinski definition) is 2. The molecule has 0 radical (unpaired) electrons. The van der Waals surface area contributed by atoms with Gasteiger partial charge in [0.05, 0.1) is 11.8 Å². The lowest BCUT2D eigenvalue weighted by Crippen LogP contribution is -2.20.